The highest BCUT2D eigenvalue weighted by Gasteiger charge is 1.98. The monoisotopic (exact) mass is 200 g/mol. The number of rotatable bonds is 0. The van der Waals surface area contributed by atoms with Gasteiger partial charge < -0.3 is 4.40 Å². The van der Waals surface area contributed by atoms with Crippen LogP contribution < -0.4 is 0 Å². The van der Waals surface area contributed by atoms with E-state index >= 15 is 0 Å². The van der Waals surface area contributed by atoms with E-state index in [0.29, 0.717) is 10.7 Å². The Morgan fingerprint density at radius 3 is 2.69 bits per heavy atom. The third-order valence-corrected chi connectivity index (χ3v) is 1.61. The summed E-state index contributed by atoms with van der Waals surface area (Å²) in [5, 5.41) is 0.565. The van der Waals surface area contributed by atoms with Crippen LogP contribution >= 0.6 is 11.6 Å². The third-order valence-electron chi connectivity index (χ3n) is 1.39. The summed E-state index contributed by atoms with van der Waals surface area (Å²) in [6.45, 7) is 4.00. The molecule has 2 aromatic heterocycles. The van der Waals surface area contributed by atoms with Gasteiger partial charge in [0.05, 0.1) is 11.2 Å². The second-order valence-corrected chi connectivity index (χ2v) is 2.61. The number of fused-ring (bicyclic) bond motifs is 1. The van der Waals surface area contributed by atoms with E-state index in [0.717, 1.165) is 0 Å². The molecule has 70 valence electrons. The Balaban J connectivity index is 0.000000396. The summed E-state index contributed by atoms with van der Waals surface area (Å²) >= 11 is 5.66. The summed E-state index contributed by atoms with van der Waals surface area (Å²) in [7, 11) is 0. The molecule has 2 aromatic rings. The molecule has 2 rings (SSSR count). The number of pyridine rings is 1. The van der Waals surface area contributed by atoms with Crippen LogP contribution in [0.3, 0.4) is 0 Å². The zero-order chi connectivity index (χ0) is 9.84. The van der Waals surface area contributed by atoms with Gasteiger partial charge in [-0.2, -0.15) is 4.39 Å². The summed E-state index contributed by atoms with van der Waals surface area (Å²) in [5.74, 6) is -0.493. The fourth-order valence-corrected chi connectivity index (χ4v) is 1.10. The second kappa shape index (κ2) is 4.23. The Morgan fingerprint density at radius 1 is 1.31 bits per heavy atom. The quantitative estimate of drug-likeness (QED) is 0.639. The molecule has 0 saturated heterocycles. The summed E-state index contributed by atoms with van der Waals surface area (Å²) in [4.78, 5) is 3.59. The van der Waals surface area contributed by atoms with Crippen molar-refractivity contribution in [1.82, 2.24) is 9.38 Å². The molecule has 0 fully saturated rings. The average Bonchev–Trinajstić information content (AvgIpc) is 2.48. The SMILES string of the molecule is CC.Fc1cn2cc(Cl)ccc2n1. The minimum absolute atomic E-state index is 0.493. The van der Waals surface area contributed by atoms with Gasteiger partial charge in [-0.1, -0.05) is 25.4 Å². The molecular weight excluding hydrogens is 191 g/mol. The lowest BCUT2D eigenvalue weighted by Gasteiger charge is -1.90. The van der Waals surface area contributed by atoms with Crippen LogP contribution in [0.4, 0.5) is 4.39 Å². The Labute approximate surface area is 81.0 Å². The molecule has 2 nitrogen and oxygen atoms in total. The molecule has 0 aliphatic rings. The highest BCUT2D eigenvalue weighted by molar-refractivity contribution is 6.30. The fraction of sp³-hybridized carbons (Fsp3) is 0.222. The molecule has 0 saturated carbocycles. The van der Waals surface area contributed by atoms with E-state index in [-0.39, 0.29) is 0 Å². The van der Waals surface area contributed by atoms with Crippen molar-refractivity contribution >= 4 is 17.2 Å². The maximum atomic E-state index is 12.5. The molecule has 0 amide bonds. The van der Waals surface area contributed by atoms with Crippen molar-refractivity contribution in [3.05, 3.63) is 35.5 Å². The van der Waals surface area contributed by atoms with E-state index in [4.69, 9.17) is 11.6 Å². The van der Waals surface area contributed by atoms with Crippen LogP contribution in [0.15, 0.2) is 24.5 Å². The molecular formula is C9H10ClFN2. The van der Waals surface area contributed by atoms with Gasteiger partial charge in [-0.15, -0.1) is 0 Å². The van der Waals surface area contributed by atoms with Gasteiger partial charge >= 0.3 is 0 Å². The summed E-state index contributed by atoms with van der Waals surface area (Å²) in [6.07, 6.45) is 2.88. The molecule has 2 heterocycles. The zero-order valence-corrected chi connectivity index (χ0v) is 8.22. The van der Waals surface area contributed by atoms with Crippen molar-refractivity contribution in [1.29, 1.82) is 0 Å². The number of hydrogen-bond acceptors (Lipinski definition) is 1. The van der Waals surface area contributed by atoms with Crippen LogP contribution in [0, 0.1) is 5.95 Å². The van der Waals surface area contributed by atoms with Crippen LogP contribution in [0.5, 0.6) is 0 Å². The Hall–Kier alpha value is -1.09. The maximum Gasteiger partial charge on any atom is 0.231 e. The van der Waals surface area contributed by atoms with Crippen LogP contribution in [0.2, 0.25) is 5.02 Å². The van der Waals surface area contributed by atoms with Gasteiger partial charge in [-0.05, 0) is 12.1 Å². The molecule has 4 heteroatoms. The highest BCUT2D eigenvalue weighted by atomic mass is 35.5. The fourth-order valence-electron chi connectivity index (χ4n) is 0.934. The lowest BCUT2D eigenvalue weighted by Crippen LogP contribution is -1.79. The second-order valence-electron chi connectivity index (χ2n) is 2.18. The van der Waals surface area contributed by atoms with Crippen molar-refractivity contribution in [2.75, 3.05) is 0 Å². The van der Waals surface area contributed by atoms with Gasteiger partial charge in [0, 0.05) is 6.20 Å². The molecule has 0 aliphatic heterocycles. The number of imidazole rings is 1. The van der Waals surface area contributed by atoms with Gasteiger partial charge in [0.25, 0.3) is 0 Å². The lowest BCUT2D eigenvalue weighted by atomic mass is 10.5. The van der Waals surface area contributed by atoms with E-state index in [2.05, 4.69) is 4.98 Å². The molecule has 0 unspecified atom stereocenters. The van der Waals surface area contributed by atoms with Crippen molar-refractivity contribution < 1.29 is 4.39 Å². The molecule has 0 bridgehead atoms. The predicted molar refractivity (Wildman–Crippen MR) is 51.5 cm³/mol. The van der Waals surface area contributed by atoms with Gasteiger partial charge in [0.15, 0.2) is 0 Å². The van der Waals surface area contributed by atoms with Crippen molar-refractivity contribution in [3.63, 3.8) is 0 Å². The van der Waals surface area contributed by atoms with Crippen LogP contribution in [-0.2, 0) is 0 Å². The van der Waals surface area contributed by atoms with Gasteiger partial charge in [-0.25, -0.2) is 4.98 Å². The summed E-state index contributed by atoms with van der Waals surface area (Å²) in [6, 6.07) is 3.33. The lowest BCUT2D eigenvalue weighted by molar-refractivity contribution is 0.592. The largest absolute Gasteiger partial charge is 0.302 e. The van der Waals surface area contributed by atoms with Gasteiger partial charge in [0.1, 0.15) is 5.65 Å². The van der Waals surface area contributed by atoms with Gasteiger partial charge in [0.2, 0.25) is 5.95 Å². The van der Waals surface area contributed by atoms with Crippen molar-refractivity contribution in [2.45, 2.75) is 13.8 Å². The zero-order valence-electron chi connectivity index (χ0n) is 7.46. The van der Waals surface area contributed by atoms with E-state index in [1.807, 2.05) is 13.8 Å². The van der Waals surface area contributed by atoms with E-state index < -0.39 is 5.95 Å². The van der Waals surface area contributed by atoms with E-state index in [1.54, 1.807) is 18.3 Å². The summed E-state index contributed by atoms with van der Waals surface area (Å²) < 4.78 is 14.0. The normalized spacial score (nSPS) is 9.54. The van der Waals surface area contributed by atoms with Crippen molar-refractivity contribution in [3.8, 4) is 0 Å². The average molecular weight is 201 g/mol. The van der Waals surface area contributed by atoms with E-state index in [1.165, 1.54) is 10.6 Å². The highest BCUT2D eigenvalue weighted by Crippen LogP contribution is 2.10. The Morgan fingerprint density at radius 2 is 2.00 bits per heavy atom. The van der Waals surface area contributed by atoms with Gasteiger partial charge in [-0.3, -0.25) is 0 Å². The first-order valence-electron chi connectivity index (χ1n) is 4.05. The molecule has 13 heavy (non-hydrogen) atoms. The summed E-state index contributed by atoms with van der Waals surface area (Å²) in [5.41, 5.74) is 0.562. The molecule has 0 aliphatic carbocycles. The Kier molecular flexibility index (Phi) is 3.25. The first-order chi connectivity index (χ1) is 6.25. The van der Waals surface area contributed by atoms with Crippen LogP contribution in [-0.4, -0.2) is 9.38 Å². The topological polar surface area (TPSA) is 17.3 Å². The first kappa shape index (κ1) is 9.99. The molecule has 0 N–H and O–H groups in total. The standard InChI is InChI=1S/C7H4ClFN2.C2H6/c8-5-1-2-7-10-6(9)4-11(7)3-5;1-2/h1-4H;1-2H3. The third kappa shape index (κ3) is 2.18. The molecule has 0 aromatic carbocycles. The number of halogens is 2. The molecule has 0 radical (unpaired) electrons. The predicted octanol–water partition coefficient (Wildman–Crippen LogP) is 3.15. The molecule has 0 atom stereocenters. The number of nitrogens with zero attached hydrogens (tertiary/aromatic N) is 2. The van der Waals surface area contributed by atoms with Crippen LogP contribution in [0.25, 0.3) is 5.65 Å². The number of hydrogen-bond donors (Lipinski definition) is 0. The Bertz CT molecular complexity index is 397. The van der Waals surface area contributed by atoms with Crippen molar-refractivity contribution in [2.24, 2.45) is 0 Å². The van der Waals surface area contributed by atoms with Crippen LogP contribution in [0.1, 0.15) is 13.8 Å². The minimum atomic E-state index is -0.493. The maximum absolute atomic E-state index is 12.5. The first-order valence-corrected chi connectivity index (χ1v) is 4.43. The molecule has 0 spiro atoms. The minimum Gasteiger partial charge on any atom is -0.302 e. The smallest absolute Gasteiger partial charge is 0.231 e. The number of aromatic nitrogens is 2. The van der Waals surface area contributed by atoms with E-state index in [9.17, 15) is 4.39 Å².